The number of carbonyl (C=O) groups is 2. The second-order valence-corrected chi connectivity index (χ2v) is 8.52. The van der Waals surface area contributed by atoms with E-state index in [1.165, 1.54) is 4.90 Å². The summed E-state index contributed by atoms with van der Waals surface area (Å²) >= 11 is 0. The van der Waals surface area contributed by atoms with Crippen LogP contribution in [0.5, 0.6) is 0 Å². The molecule has 0 aliphatic rings. The zero-order chi connectivity index (χ0) is 24.0. The maximum atomic E-state index is 12.9. The van der Waals surface area contributed by atoms with Gasteiger partial charge in [0.2, 0.25) is 5.91 Å². The molecular formula is C25H31N5O3. The van der Waals surface area contributed by atoms with Gasteiger partial charge in [-0.2, -0.15) is 0 Å². The summed E-state index contributed by atoms with van der Waals surface area (Å²) in [6, 6.07) is 14.9. The summed E-state index contributed by atoms with van der Waals surface area (Å²) in [4.78, 5) is 26.4. The molecule has 0 fully saturated rings. The molecule has 1 N–H and O–H groups in total. The minimum Gasteiger partial charge on any atom is -0.480 e. The Hall–Kier alpha value is -3.55. The third-order valence-electron chi connectivity index (χ3n) is 5.69. The molecule has 2 aromatic carbocycles. The maximum absolute atomic E-state index is 12.9. The standard InChI is InChI=1S/C25H31N5O3/c1-5-6-11-22(31)30(23(17(2)3)25(32)33)16-18-12-14-19(15-13-18)20-9-7-8-10-21(20)24-26-27-28-29(24)4/h7-10,12-15,17,23H,5-6,11,16H2,1-4H3,(H,32,33). The van der Waals surface area contributed by atoms with Crippen molar-refractivity contribution in [1.82, 2.24) is 25.1 Å². The first-order valence-corrected chi connectivity index (χ1v) is 11.3. The third-order valence-corrected chi connectivity index (χ3v) is 5.69. The molecule has 8 heteroatoms. The predicted molar refractivity (Wildman–Crippen MR) is 126 cm³/mol. The van der Waals surface area contributed by atoms with Crippen molar-refractivity contribution >= 4 is 11.9 Å². The third kappa shape index (κ3) is 5.63. The predicted octanol–water partition coefficient (Wildman–Crippen LogP) is 4.17. The summed E-state index contributed by atoms with van der Waals surface area (Å²) in [6.07, 6.45) is 1.98. The summed E-state index contributed by atoms with van der Waals surface area (Å²) < 4.78 is 1.63. The molecule has 0 saturated heterocycles. The Bertz CT molecular complexity index is 1090. The maximum Gasteiger partial charge on any atom is 0.326 e. The van der Waals surface area contributed by atoms with Crippen LogP contribution in [0.1, 0.15) is 45.6 Å². The molecule has 174 valence electrons. The van der Waals surface area contributed by atoms with Crippen LogP contribution in [-0.2, 0) is 23.2 Å². The molecule has 8 nitrogen and oxygen atoms in total. The number of unbranched alkanes of at least 4 members (excludes halogenated alkanes) is 1. The molecule has 1 heterocycles. The fourth-order valence-electron chi connectivity index (χ4n) is 3.97. The molecule has 33 heavy (non-hydrogen) atoms. The van der Waals surface area contributed by atoms with E-state index in [-0.39, 0.29) is 18.4 Å². The number of carbonyl (C=O) groups excluding carboxylic acids is 1. The van der Waals surface area contributed by atoms with E-state index in [1.807, 2.05) is 69.3 Å². The van der Waals surface area contributed by atoms with Crippen LogP contribution in [0.25, 0.3) is 22.5 Å². The summed E-state index contributed by atoms with van der Waals surface area (Å²) in [5, 5.41) is 21.6. The number of hydrogen-bond donors (Lipinski definition) is 1. The Morgan fingerprint density at radius 1 is 1.06 bits per heavy atom. The molecule has 1 aromatic heterocycles. The first kappa shape index (κ1) is 24.1. The summed E-state index contributed by atoms with van der Waals surface area (Å²) in [6.45, 7) is 5.94. The van der Waals surface area contributed by atoms with Gasteiger partial charge in [0.1, 0.15) is 6.04 Å². The molecule has 1 unspecified atom stereocenters. The molecule has 0 aliphatic carbocycles. The van der Waals surface area contributed by atoms with Gasteiger partial charge in [0.05, 0.1) is 0 Å². The lowest BCUT2D eigenvalue weighted by Gasteiger charge is -2.32. The summed E-state index contributed by atoms with van der Waals surface area (Å²) in [5.41, 5.74) is 3.77. The number of hydrogen-bond acceptors (Lipinski definition) is 5. The lowest BCUT2D eigenvalue weighted by atomic mass is 9.97. The van der Waals surface area contributed by atoms with Crippen molar-refractivity contribution in [2.45, 2.75) is 52.6 Å². The van der Waals surface area contributed by atoms with E-state index in [0.717, 1.165) is 35.1 Å². The van der Waals surface area contributed by atoms with Gasteiger partial charge in [-0.1, -0.05) is 75.7 Å². The molecular weight excluding hydrogens is 418 g/mol. The minimum absolute atomic E-state index is 0.123. The van der Waals surface area contributed by atoms with Crippen molar-refractivity contribution < 1.29 is 14.7 Å². The monoisotopic (exact) mass is 449 g/mol. The Balaban J connectivity index is 1.89. The van der Waals surface area contributed by atoms with Gasteiger partial charge in [-0.05, 0) is 39.5 Å². The second-order valence-electron chi connectivity index (χ2n) is 8.52. The summed E-state index contributed by atoms with van der Waals surface area (Å²) in [7, 11) is 1.80. The van der Waals surface area contributed by atoms with Crippen molar-refractivity contribution in [1.29, 1.82) is 0 Å². The van der Waals surface area contributed by atoms with Crippen LogP contribution in [0.3, 0.4) is 0 Å². The average molecular weight is 450 g/mol. The topological polar surface area (TPSA) is 101 Å². The Morgan fingerprint density at radius 3 is 2.27 bits per heavy atom. The fraction of sp³-hybridized carbons (Fsp3) is 0.400. The highest BCUT2D eigenvalue weighted by Crippen LogP contribution is 2.30. The van der Waals surface area contributed by atoms with Gasteiger partial charge in [0.25, 0.3) is 0 Å². The van der Waals surface area contributed by atoms with Crippen LogP contribution >= 0.6 is 0 Å². The molecule has 1 atom stereocenters. The van der Waals surface area contributed by atoms with Crippen LogP contribution in [0.15, 0.2) is 48.5 Å². The van der Waals surface area contributed by atoms with Crippen LogP contribution in [0.4, 0.5) is 0 Å². The van der Waals surface area contributed by atoms with Crippen molar-refractivity contribution in [2.75, 3.05) is 0 Å². The number of nitrogens with zero attached hydrogens (tertiary/aromatic N) is 5. The highest BCUT2D eigenvalue weighted by molar-refractivity contribution is 5.84. The smallest absolute Gasteiger partial charge is 0.326 e. The first-order chi connectivity index (χ1) is 15.8. The molecule has 1 amide bonds. The molecule has 3 aromatic rings. The molecule has 0 bridgehead atoms. The van der Waals surface area contributed by atoms with E-state index in [4.69, 9.17) is 0 Å². The zero-order valence-electron chi connectivity index (χ0n) is 19.6. The number of aryl methyl sites for hydroxylation is 1. The van der Waals surface area contributed by atoms with E-state index >= 15 is 0 Å². The highest BCUT2D eigenvalue weighted by Gasteiger charge is 2.32. The van der Waals surface area contributed by atoms with Gasteiger partial charge in [0.15, 0.2) is 5.82 Å². The normalized spacial score (nSPS) is 12.0. The number of carboxylic acid groups (broad SMARTS) is 1. The molecule has 0 saturated carbocycles. The van der Waals surface area contributed by atoms with E-state index in [2.05, 4.69) is 15.5 Å². The number of aromatic nitrogens is 4. The van der Waals surface area contributed by atoms with Gasteiger partial charge in [-0.25, -0.2) is 9.48 Å². The number of amides is 1. The molecule has 3 rings (SSSR count). The van der Waals surface area contributed by atoms with Crippen LogP contribution < -0.4 is 0 Å². The molecule has 0 radical (unpaired) electrons. The Labute approximate surface area is 194 Å². The van der Waals surface area contributed by atoms with Gasteiger partial charge < -0.3 is 10.0 Å². The van der Waals surface area contributed by atoms with Crippen molar-refractivity contribution in [3.63, 3.8) is 0 Å². The number of aliphatic carboxylic acids is 1. The highest BCUT2D eigenvalue weighted by atomic mass is 16.4. The van der Waals surface area contributed by atoms with Crippen molar-refractivity contribution in [3.8, 4) is 22.5 Å². The Kier molecular flexibility index (Phi) is 7.92. The van der Waals surface area contributed by atoms with E-state index in [1.54, 1.807) is 11.7 Å². The van der Waals surface area contributed by atoms with Crippen LogP contribution in [0.2, 0.25) is 0 Å². The molecule has 0 spiro atoms. The van der Waals surface area contributed by atoms with E-state index in [9.17, 15) is 14.7 Å². The number of carboxylic acids is 1. The van der Waals surface area contributed by atoms with E-state index < -0.39 is 12.0 Å². The minimum atomic E-state index is -0.974. The Morgan fingerprint density at radius 2 is 1.73 bits per heavy atom. The van der Waals surface area contributed by atoms with E-state index in [0.29, 0.717) is 12.2 Å². The zero-order valence-corrected chi connectivity index (χ0v) is 19.6. The second kappa shape index (κ2) is 10.8. The van der Waals surface area contributed by atoms with Crippen LogP contribution in [-0.4, -0.2) is 48.1 Å². The van der Waals surface area contributed by atoms with Crippen molar-refractivity contribution in [3.05, 3.63) is 54.1 Å². The van der Waals surface area contributed by atoms with Gasteiger partial charge in [0, 0.05) is 25.6 Å². The number of rotatable bonds is 10. The number of tetrazole rings is 1. The average Bonchev–Trinajstić information content (AvgIpc) is 3.22. The van der Waals surface area contributed by atoms with Crippen molar-refractivity contribution in [2.24, 2.45) is 13.0 Å². The summed E-state index contributed by atoms with van der Waals surface area (Å²) in [5.74, 6) is -0.623. The van der Waals surface area contributed by atoms with Crippen LogP contribution in [0, 0.1) is 5.92 Å². The van der Waals surface area contributed by atoms with Gasteiger partial charge >= 0.3 is 5.97 Å². The lowest BCUT2D eigenvalue weighted by molar-refractivity contribution is -0.153. The SMILES string of the molecule is CCCCC(=O)N(Cc1ccc(-c2ccccc2-c2nnnn2C)cc1)C(C(=O)O)C(C)C. The number of benzene rings is 2. The quantitative estimate of drug-likeness (QED) is 0.498. The molecule has 0 aliphatic heterocycles. The van der Waals surface area contributed by atoms with Gasteiger partial charge in [-0.3, -0.25) is 4.79 Å². The lowest BCUT2D eigenvalue weighted by Crippen LogP contribution is -2.47. The first-order valence-electron chi connectivity index (χ1n) is 11.3. The van der Waals surface area contributed by atoms with Gasteiger partial charge in [-0.15, -0.1) is 5.10 Å². The fourth-order valence-corrected chi connectivity index (χ4v) is 3.97. The largest absolute Gasteiger partial charge is 0.480 e.